The van der Waals surface area contributed by atoms with Crippen LogP contribution < -0.4 is 0 Å². The topological polar surface area (TPSA) is 0 Å². The van der Waals surface area contributed by atoms with Gasteiger partial charge < -0.3 is 0 Å². The van der Waals surface area contributed by atoms with Gasteiger partial charge >= 0.3 is 0 Å². The van der Waals surface area contributed by atoms with Crippen molar-refractivity contribution >= 4 is 0 Å². The first-order valence-electron chi connectivity index (χ1n) is 4.39. The first-order valence-corrected chi connectivity index (χ1v) is 4.39. The Bertz CT molecular complexity index is 157. The van der Waals surface area contributed by atoms with Crippen molar-refractivity contribution in [1.29, 1.82) is 0 Å². The Morgan fingerprint density at radius 2 is 1.73 bits per heavy atom. The lowest BCUT2D eigenvalue weighted by Crippen LogP contribution is -1.83. The Kier molecular flexibility index (Phi) is 3.74. The molecule has 1 rings (SSSR count). The van der Waals surface area contributed by atoms with Gasteiger partial charge in [0.25, 0.3) is 0 Å². The second-order valence-corrected chi connectivity index (χ2v) is 3.05. The molecule has 0 atom stereocenters. The third-order valence-electron chi connectivity index (χ3n) is 2.14. The lowest BCUT2D eigenvalue weighted by atomic mass is 10.1. The molecular formula is C11H16. The molecule has 0 amide bonds. The summed E-state index contributed by atoms with van der Waals surface area (Å²) in [5, 5.41) is 0. The molecule has 0 spiro atoms. The van der Waals surface area contributed by atoms with Crippen molar-refractivity contribution in [3.63, 3.8) is 0 Å². The number of hydrogen-bond acceptors (Lipinski definition) is 0. The number of rotatable bonds is 3. The second kappa shape index (κ2) is 4.95. The van der Waals surface area contributed by atoms with Crippen molar-refractivity contribution < 1.29 is 0 Å². The lowest BCUT2D eigenvalue weighted by Gasteiger charge is -1.97. The fourth-order valence-electron chi connectivity index (χ4n) is 1.51. The molecule has 0 heteroatoms. The van der Waals surface area contributed by atoms with Gasteiger partial charge in [-0.2, -0.15) is 0 Å². The average Bonchev–Trinajstić information content (AvgIpc) is 2.50. The first-order chi connectivity index (χ1) is 5.43. The van der Waals surface area contributed by atoms with E-state index in [1.165, 1.54) is 25.7 Å². The molecule has 0 aromatic carbocycles. The summed E-state index contributed by atoms with van der Waals surface area (Å²) in [6, 6.07) is 0. The minimum atomic E-state index is 0.851. The van der Waals surface area contributed by atoms with Crippen LogP contribution in [0.25, 0.3) is 0 Å². The van der Waals surface area contributed by atoms with E-state index in [9.17, 15) is 0 Å². The van der Waals surface area contributed by atoms with Gasteiger partial charge in [0.15, 0.2) is 0 Å². The molecule has 1 aliphatic rings. The van der Waals surface area contributed by atoms with Gasteiger partial charge in [0, 0.05) is 0 Å². The molecule has 60 valence electrons. The van der Waals surface area contributed by atoms with E-state index in [1.807, 2.05) is 12.2 Å². The van der Waals surface area contributed by atoms with Crippen molar-refractivity contribution in [1.82, 2.24) is 0 Å². The Morgan fingerprint density at radius 3 is 2.36 bits per heavy atom. The minimum absolute atomic E-state index is 0.851. The highest BCUT2D eigenvalue weighted by Crippen LogP contribution is 2.25. The maximum absolute atomic E-state index is 3.61. The summed E-state index contributed by atoms with van der Waals surface area (Å²) in [5.41, 5.74) is 0. The number of allylic oxidation sites excluding steroid dienone is 5. The third-order valence-corrected chi connectivity index (χ3v) is 2.14. The van der Waals surface area contributed by atoms with Crippen LogP contribution in [-0.4, -0.2) is 0 Å². The molecule has 0 unspecified atom stereocenters. The van der Waals surface area contributed by atoms with Crippen LogP contribution in [0, 0.1) is 5.92 Å². The van der Waals surface area contributed by atoms with Gasteiger partial charge in [-0.3, -0.25) is 0 Å². The van der Waals surface area contributed by atoms with Crippen molar-refractivity contribution in [3.05, 3.63) is 37.0 Å². The lowest BCUT2D eigenvalue weighted by molar-refractivity contribution is 0.686. The zero-order valence-electron chi connectivity index (χ0n) is 7.00. The zero-order chi connectivity index (χ0) is 7.94. The molecule has 0 saturated heterocycles. The van der Waals surface area contributed by atoms with Crippen LogP contribution in [0.1, 0.15) is 25.7 Å². The van der Waals surface area contributed by atoms with Gasteiger partial charge in [-0.05, 0) is 18.8 Å². The highest BCUT2D eigenvalue weighted by molar-refractivity contribution is 5.10. The normalized spacial score (nSPS) is 20.4. The smallest absolute Gasteiger partial charge is 0.0230 e. The SMILES string of the molecule is C=CC=CC=CC1CCCC1. The van der Waals surface area contributed by atoms with Gasteiger partial charge in [-0.15, -0.1) is 0 Å². The average molecular weight is 148 g/mol. The van der Waals surface area contributed by atoms with Crippen LogP contribution in [0.5, 0.6) is 0 Å². The maximum atomic E-state index is 3.61. The van der Waals surface area contributed by atoms with Gasteiger partial charge in [-0.1, -0.05) is 49.8 Å². The summed E-state index contributed by atoms with van der Waals surface area (Å²) in [7, 11) is 0. The summed E-state index contributed by atoms with van der Waals surface area (Å²) < 4.78 is 0. The van der Waals surface area contributed by atoms with Gasteiger partial charge in [0.1, 0.15) is 0 Å². The molecule has 0 heterocycles. The summed E-state index contributed by atoms with van der Waals surface area (Å²) in [6.07, 6.45) is 15.9. The molecule has 0 bridgehead atoms. The van der Waals surface area contributed by atoms with Crippen LogP contribution in [-0.2, 0) is 0 Å². The van der Waals surface area contributed by atoms with E-state index in [-0.39, 0.29) is 0 Å². The van der Waals surface area contributed by atoms with E-state index in [4.69, 9.17) is 0 Å². The summed E-state index contributed by atoms with van der Waals surface area (Å²) in [5.74, 6) is 0.851. The van der Waals surface area contributed by atoms with Crippen LogP contribution in [0.2, 0.25) is 0 Å². The predicted molar refractivity (Wildman–Crippen MR) is 50.4 cm³/mol. The highest BCUT2D eigenvalue weighted by Gasteiger charge is 2.10. The van der Waals surface area contributed by atoms with E-state index in [0.717, 1.165) is 5.92 Å². The van der Waals surface area contributed by atoms with Crippen LogP contribution in [0.4, 0.5) is 0 Å². The molecule has 1 fully saturated rings. The molecule has 0 aliphatic heterocycles. The molecule has 1 aliphatic carbocycles. The fourth-order valence-corrected chi connectivity index (χ4v) is 1.51. The van der Waals surface area contributed by atoms with Crippen molar-refractivity contribution in [2.75, 3.05) is 0 Å². The Labute approximate surface area is 69.3 Å². The van der Waals surface area contributed by atoms with Gasteiger partial charge in [0.05, 0.1) is 0 Å². The summed E-state index contributed by atoms with van der Waals surface area (Å²) in [6.45, 7) is 3.61. The molecule has 0 nitrogen and oxygen atoms in total. The van der Waals surface area contributed by atoms with E-state index in [1.54, 1.807) is 6.08 Å². The predicted octanol–water partition coefficient (Wildman–Crippen LogP) is 3.48. The summed E-state index contributed by atoms with van der Waals surface area (Å²) >= 11 is 0. The van der Waals surface area contributed by atoms with E-state index < -0.39 is 0 Å². The van der Waals surface area contributed by atoms with E-state index >= 15 is 0 Å². The molecule has 0 aromatic rings. The Balaban J connectivity index is 2.22. The number of hydrogen-bond donors (Lipinski definition) is 0. The highest BCUT2D eigenvalue weighted by atomic mass is 14.2. The third kappa shape index (κ3) is 3.22. The molecule has 1 saturated carbocycles. The first kappa shape index (κ1) is 8.32. The molecule has 0 radical (unpaired) electrons. The standard InChI is InChI=1S/C11H16/c1-2-3-4-5-8-11-9-6-7-10-11/h2-5,8,11H,1,6-7,9-10H2. The van der Waals surface area contributed by atoms with Gasteiger partial charge in [-0.25, -0.2) is 0 Å². The quantitative estimate of drug-likeness (QED) is 0.537. The molecule has 0 aromatic heterocycles. The van der Waals surface area contributed by atoms with E-state index in [2.05, 4.69) is 18.7 Å². The second-order valence-electron chi connectivity index (χ2n) is 3.05. The molecular weight excluding hydrogens is 132 g/mol. The Morgan fingerprint density at radius 1 is 1.00 bits per heavy atom. The monoisotopic (exact) mass is 148 g/mol. The van der Waals surface area contributed by atoms with Gasteiger partial charge in [0.2, 0.25) is 0 Å². The minimum Gasteiger partial charge on any atom is -0.0991 e. The van der Waals surface area contributed by atoms with E-state index in [0.29, 0.717) is 0 Å². The molecule has 0 N–H and O–H groups in total. The summed E-state index contributed by atoms with van der Waals surface area (Å²) in [4.78, 5) is 0. The zero-order valence-corrected chi connectivity index (χ0v) is 7.00. The largest absolute Gasteiger partial charge is 0.0991 e. The van der Waals surface area contributed by atoms with Crippen molar-refractivity contribution in [3.8, 4) is 0 Å². The van der Waals surface area contributed by atoms with Crippen molar-refractivity contribution in [2.24, 2.45) is 5.92 Å². The maximum Gasteiger partial charge on any atom is -0.0230 e. The fraction of sp³-hybridized carbons (Fsp3) is 0.455. The van der Waals surface area contributed by atoms with Crippen molar-refractivity contribution in [2.45, 2.75) is 25.7 Å². The molecule has 11 heavy (non-hydrogen) atoms. The Hall–Kier alpha value is -0.780. The van der Waals surface area contributed by atoms with Crippen LogP contribution in [0.15, 0.2) is 37.0 Å². The van der Waals surface area contributed by atoms with Crippen LogP contribution in [0.3, 0.4) is 0 Å². The van der Waals surface area contributed by atoms with Crippen LogP contribution >= 0.6 is 0 Å².